The van der Waals surface area contributed by atoms with Gasteiger partial charge >= 0.3 is 17.2 Å². The smallest absolute Gasteiger partial charge is 0.339 e. The molecule has 0 radical (unpaired) electrons. The highest BCUT2D eigenvalue weighted by atomic mass is 31.2. The molecule has 0 aromatic rings. The van der Waals surface area contributed by atoms with Gasteiger partial charge in [0.1, 0.15) is 0 Å². The summed E-state index contributed by atoms with van der Waals surface area (Å²) in [5.41, 5.74) is 0.122. The second-order valence-electron chi connectivity index (χ2n) is 7.62. The highest BCUT2D eigenvalue weighted by Gasteiger charge is 2.36. The van der Waals surface area contributed by atoms with Gasteiger partial charge in [0.05, 0.1) is 66.1 Å². The zero-order chi connectivity index (χ0) is 20.2. The fourth-order valence-corrected chi connectivity index (χ4v) is 4.83. The van der Waals surface area contributed by atoms with Crippen LogP contribution < -0.4 is 0 Å². The van der Waals surface area contributed by atoms with E-state index >= 15 is 0 Å². The van der Waals surface area contributed by atoms with Crippen LogP contribution in [0.15, 0.2) is 0 Å². The van der Waals surface area contributed by atoms with Crippen LogP contribution in [0.25, 0.3) is 0 Å². The molecule has 0 atom stereocenters. The van der Waals surface area contributed by atoms with Crippen molar-refractivity contribution in [2.24, 2.45) is 10.8 Å². The third-order valence-electron chi connectivity index (χ3n) is 3.22. The highest BCUT2D eigenvalue weighted by Crippen LogP contribution is 2.60. The summed E-state index contributed by atoms with van der Waals surface area (Å²) in [6.45, 7) is 12.7. The first-order valence-electron chi connectivity index (χ1n) is 8.95. The standard InChI is InChI=1S/C10H20O5P2.C6H14O4/c1-9(2)5-11-16(12-6-9)15-17-13-7-10(3,4)8-14-17;7-1-3-9-5-6-10-4-2-8/h5-8H2,1-4H3;7-8H,1-6H2. The van der Waals surface area contributed by atoms with Gasteiger partial charge in [-0.05, 0) is 0 Å². The lowest BCUT2D eigenvalue weighted by atomic mass is 9.97. The molecule has 2 aliphatic rings. The molecular weight excluding hydrogens is 398 g/mol. The second kappa shape index (κ2) is 13.7. The summed E-state index contributed by atoms with van der Waals surface area (Å²) in [7, 11) is -2.61. The van der Waals surface area contributed by atoms with E-state index in [0.29, 0.717) is 52.9 Å². The normalized spacial score (nSPS) is 22.9. The van der Waals surface area contributed by atoms with Crippen molar-refractivity contribution >= 4 is 17.2 Å². The van der Waals surface area contributed by atoms with Gasteiger partial charge in [0.15, 0.2) is 0 Å². The van der Waals surface area contributed by atoms with E-state index in [-0.39, 0.29) is 24.0 Å². The molecule has 9 nitrogen and oxygen atoms in total. The molecule has 0 amide bonds. The van der Waals surface area contributed by atoms with Crippen LogP contribution in [0.5, 0.6) is 0 Å². The summed E-state index contributed by atoms with van der Waals surface area (Å²) in [4.78, 5) is 0. The maximum atomic E-state index is 8.26. The van der Waals surface area contributed by atoms with Gasteiger partial charge in [-0.15, -0.1) is 0 Å². The Hall–Kier alpha value is 0.500. The minimum atomic E-state index is -1.31. The first-order chi connectivity index (χ1) is 12.8. The topological polar surface area (TPSA) is 105 Å². The van der Waals surface area contributed by atoms with Crippen molar-refractivity contribution < 1.29 is 42.1 Å². The average Bonchev–Trinajstić information content (AvgIpc) is 2.62. The van der Waals surface area contributed by atoms with E-state index in [0.717, 1.165) is 0 Å². The number of aliphatic hydroxyl groups excluding tert-OH is 2. The van der Waals surface area contributed by atoms with Crippen LogP contribution in [0.4, 0.5) is 0 Å². The first kappa shape index (κ1) is 25.5. The number of ether oxygens (including phenoxy) is 2. The molecule has 2 fully saturated rings. The van der Waals surface area contributed by atoms with Crippen LogP contribution in [0, 0.1) is 10.8 Å². The molecule has 0 aromatic heterocycles. The summed E-state index contributed by atoms with van der Waals surface area (Å²) in [5.74, 6) is 0. The molecule has 0 spiro atoms. The molecule has 0 aliphatic carbocycles. The Bertz CT molecular complexity index is 331. The van der Waals surface area contributed by atoms with Crippen molar-refractivity contribution in [3.63, 3.8) is 0 Å². The summed E-state index contributed by atoms with van der Waals surface area (Å²) in [5, 5.41) is 16.5. The monoisotopic (exact) mass is 432 g/mol. The van der Waals surface area contributed by atoms with E-state index in [4.69, 9.17) is 42.1 Å². The Morgan fingerprint density at radius 2 is 1.00 bits per heavy atom. The van der Waals surface area contributed by atoms with Crippen LogP contribution in [0.1, 0.15) is 27.7 Å². The van der Waals surface area contributed by atoms with Gasteiger partial charge in [-0.3, -0.25) is 0 Å². The Labute approximate surface area is 164 Å². The van der Waals surface area contributed by atoms with Gasteiger partial charge in [-0.1, -0.05) is 27.7 Å². The van der Waals surface area contributed by atoms with Gasteiger partial charge in [0, 0.05) is 10.8 Å². The van der Waals surface area contributed by atoms with Crippen molar-refractivity contribution in [3.05, 3.63) is 0 Å². The van der Waals surface area contributed by atoms with Gasteiger partial charge in [0.25, 0.3) is 0 Å². The van der Waals surface area contributed by atoms with Gasteiger partial charge in [-0.25, -0.2) is 4.31 Å². The van der Waals surface area contributed by atoms with Crippen LogP contribution >= 0.6 is 17.2 Å². The van der Waals surface area contributed by atoms with Gasteiger partial charge in [-0.2, -0.15) is 0 Å². The lowest BCUT2D eigenvalue weighted by Gasteiger charge is -2.36. The van der Waals surface area contributed by atoms with E-state index in [1.807, 2.05) is 0 Å². The predicted octanol–water partition coefficient (Wildman–Crippen LogP) is 2.61. The molecule has 0 bridgehead atoms. The second-order valence-corrected chi connectivity index (χ2v) is 10.2. The van der Waals surface area contributed by atoms with Crippen molar-refractivity contribution in [1.82, 2.24) is 0 Å². The largest absolute Gasteiger partial charge is 0.394 e. The van der Waals surface area contributed by atoms with E-state index in [1.165, 1.54) is 0 Å². The number of rotatable bonds is 9. The minimum Gasteiger partial charge on any atom is -0.394 e. The van der Waals surface area contributed by atoms with E-state index < -0.39 is 17.2 Å². The molecule has 2 heterocycles. The predicted molar refractivity (Wildman–Crippen MR) is 102 cm³/mol. The number of hydrogen-bond donors (Lipinski definition) is 2. The quantitative estimate of drug-likeness (QED) is 0.420. The molecule has 0 aromatic carbocycles. The van der Waals surface area contributed by atoms with Crippen LogP contribution in [-0.2, 0) is 31.9 Å². The molecule has 27 heavy (non-hydrogen) atoms. The highest BCUT2D eigenvalue weighted by molar-refractivity contribution is 7.55. The molecule has 2 aliphatic heterocycles. The molecule has 2 N–H and O–H groups in total. The third kappa shape index (κ3) is 12.6. The molecule has 2 saturated heterocycles. The summed E-state index contributed by atoms with van der Waals surface area (Å²) < 4.78 is 37.4. The van der Waals surface area contributed by atoms with Crippen molar-refractivity contribution in [2.45, 2.75) is 27.7 Å². The average molecular weight is 432 g/mol. The van der Waals surface area contributed by atoms with Crippen LogP contribution in [0.2, 0.25) is 0 Å². The molecule has 162 valence electrons. The minimum absolute atomic E-state index is 0.0417. The summed E-state index contributed by atoms with van der Waals surface area (Å²) >= 11 is 0. The lowest BCUT2D eigenvalue weighted by Crippen LogP contribution is -2.30. The fraction of sp³-hybridized carbons (Fsp3) is 1.00. The number of hydrogen-bond acceptors (Lipinski definition) is 9. The van der Waals surface area contributed by atoms with E-state index in [1.54, 1.807) is 0 Å². The van der Waals surface area contributed by atoms with E-state index in [2.05, 4.69) is 27.7 Å². The van der Waals surface area contributed by atoms with Crippen molar-refractivity contribution in [3.8, 4) is 0 Å². The number of aliphatic hydroxyl groups is 2. The van der Waals surface area contributed by atoms with Crippen LogP contribution in [0.3, 0.4) is 0 Å². The molecule has 11 heteroatoms. The van der Waals surface area contributed by atoms with Gasteiger partial charge in [0.2, 0.25) is 0 Å². The van der Waals surface area contributed by atoms with Crippen molar-refractivity contribution in [2.75, 3.05) is 66.1 Å². The lowest BCUT2D eigenvalue weighted by molar-refractivity contribution is 0.0189. The molecule has 0 saturated carbocycles. The summed E-state index contributed by atoms with van der Waals surface area (Å²) in [6, 6.07) is 0. The Balaban J connectivity index is 0.000000314. The van der Waals surface area contributed by atoms with E-state index in [9.17, 15) is 0 Å². The maximum Gasteiger partial charge on any atom is 0.339 e. The molecular formula is C16H34O9P2. The van der Waals surface area contributed by atoms with Crippen molar-refractivity contribution in [1.29, 1.82) is 0 Å². The molecule has 2 rings (SSSR count). The SMILES string of the molecule is CC1(C)COP(OP2OCC(C)(C)CO2)OC1.OCCOCCOCCO. The Morgan fingerprint density at radius 1 is 0.667 bits per heavy atom. The Kier molecular flexibility index (Phi) is 12.9. The Morgan fingerprint density at radius 3 is 1.30 bits per heavy atom. The third-order valence-corrected chi connectivity index (χ3v) is 5.65. The first-order valence-corrected chi connectivity index (χ1v) is 11.1. The van der Waals surface area contributed by atoms with Crippen LogP contribution in [-0.4, -0.2) is 76.3 Å². The fourth-order valence-electron chi connectivity index (χ4n) is 1.67. The maximum absolute atomic E-state index is 8.26. The zero-order valence-corrected chi connectivity index (χ0v) is 18.5. The zero-order valence-electron chi connectivity index (χ0n) is 16.7. The summed E-state index contributed by atoms with van der Waals surface area (Å²) in [6.07, 6.45) is 0. The molecule has 0 unspecified atom stereocenters. The van der Waals surface area contributed by atoms with Gasteiger partial charge < -0.3 is 37.8 Å².